The van der Waals surface area contributed by atoms with Gasteiger partial charge in [0.15, 0.2) is 0 Å². The van der Waals surface area contributed by atoms with Gasteiger partial charge in [-0.1, -0.05) is 18.2 Å². The summed E-state index contributed by atoms with van der Waals surface area (Å²) in [5.41, 5.74) is 2.13. The second-order valence-electron chi connectivity index (χ2n) is 5.97. The summed E-state index contributed by atoms with van der Waals surface area (Å²) < 4.78 is 10.8. The molecule has 0 spiro atoms. The topological polar surface area (TPSA) is 67.6 Å². The number of ether oxygens (including phenoxy) is 1. The van der Waals surface area contributed by atoms with Crippen LogP contribution in [0, 0.1) is 0 Å². The lowest BCUT2D eigenvalue weighted by molar-refractivity contribution is 0.0953. The summed E-state index contributed by atoms with van der Waals surface area (Å²) in [6, 6.07) is 9.87. The molecule has 6 heteroatoms. The molecule has 23 heavy (non-hydrogen) atoms. The van der Waals surface area contributed by atoms with Crippen LogP contribution in [-0.4, -0.2) is 36.8 Å². The number of hydrogen-bond acceptors (Lipinski definition) is 5. The van der Waals surface area contributed by atoms with Crippen LogP contribution < -0.4 is 15.0 Å². The van der Waals surface area contributed by atoms with Gasteiger partial charge < -0.3 is 19.5 Å². The minimum atomic E-state index is -0.170. The molecular formula is C17H19N3O3. The SMILES string of the molecule is O=C(c1cc(OC[C@@H]2CCCN2)no1)N1CCc2ccccc21. The minimum Gasteiger partial charge on any atom is -0.474 e. The van der Waals surface area contributed by atoms with E-state index in [1.165, 1.54) is 12.0 Å². The van der Waals surface area contributed by atoms with Gasteiger partial charge in [0, 0.05) is 18.3 Å². The van der Waals surface area contributed by atoms with Crippen LogP contribution in [0.4, 0.5) is 5.69 Å². The highest BCUT2D eigenvalue weighted by atomic mass is 16.5. The van der Waals surface area contributed by atoms with Crippen molar-refractivity contribution < 1.29 is 14.1 Å². The summed E-state index contributed by atoms with van der Waals surface area (Å²) in [6.45, 7) is 2.25. The summed E-state index contributed by atoms with van der Waals surface area (Å²) in [7, 11) is 0. The lowest BCUT2D eigenvalue weighted by Crippen LogP contribution is -2.28. The number of rotatable bonds is 4. The van der Waals surface area contributed by atoms with E-state index in [-0.39, 0.29) is 11.7 Å². The Kier molecular flexibility index (Phi) is 3.75. The molecule has 1 fully saturated rings. The van der Waals surface area contributed by atoms with Crippen molar-refractivity contribution in [3.05, 3.63) is 41.7 Å². The second kappa shape index (κ2) is 6.04. The van der Waals surface area contributed by atoms with Crippen molar-refractivity contribution in [1.29, 1.82) is 0 Å². The van der Waals surface area contributed by atoms with Gasteiger partial charge in [0.2, 0.25) is 5.76 Å². The van der Waals surface area contributed by atoms with Crippen LogP contribution in [0.25, 0.3) is 0 Å². The maximum absolute atomic E-state index is 12.6. The largest absolute Gasteiger partial charge is 0.474 e. The Morgan fingerprint density at radius 3 is 3.22 bits per heavy atom. The van der Waals surface area contributed by atoms with E-state index >= 15 is 0 Å². The van der Waals surface area contributed by atoms with Crippen LogP contribution in [0.15, 0.2) is 34.9 Å². The second-order valence-corrected chi connectivity index (χ2v) is 5.97. The number of carbonyl (C=O) groups excluding carboxylic acids is 1. The predicted octanol–water partition coefficient (Wildman–Crippen LogP) is 2.01. The quantitative estimate of drug-likeness (QED) is 0.935. The number of nitrogens with zero attached hydrogens (tertiary/aromatic N) is 2. The summed E-state index contributed by atoms with van der Waals surface area (Å²) in [5, 5.41) is 7.21. The molecule has 2 aliphatic rings. The van der Waals surface area contributed by atoms with Gasteiger partial charge in [0.1, 0.15) is 6.61 Å². The molecule has 1 N–H and O–H groups in total. The molecule has 0 radical (unpaired) electrons. The van der Waals surface area contributed by atoms with Gasteiger partial charge in [-0.05, 0) is 42.6 Å². The first-order chi connectivity index (χ1) is 11.3. The van der Waals surface area contributed by atoms with Gasteiger partial charge in [-0.2, -0.15) is 0 Å². The molecule has 0 saturated carbocycles. The van der Waals surface area contributed by atoms with Crippen molar-refractivity contribution >= 4 is 11.6 Å². The molecule has 120 valence electrons. The Balaban J connectivity index is 1.43. The highest BCUT2D eigenvalue weighted by Gasteiger charge is 2.28. The normalized spacial score (nSPS) is 19.8. The van der Waals surface area contributed by atoms with Gasteiger partial charge in [-0.15, -0.1) is 0 Å². The van der Waals surface area contributed by atoms with Gasteiger partial charge in [-0.25, -0.2) is 0 Å². The molecule has 1 aromatic carbocycles. The average molecular weight is 313 g/mol. The zero-order valence-corrected chi connectivity index (χ0v) is 12.8. The number of amides is 1. The van der Waals surface area contributed by atoms with Gasteiger partial charge >= 0.3 is 0 Å². The Bertz CT molecular complexity index is 707. The maximum Gasteiger partial charge on any atom is 0.297 e. The Labute approximate surface area is 134 Å². The monoisotopic (exact) mass is 313 g/mol. The average Bonchev–Trinajstić information content (AvgIpc) is 3.32. The summed E-state index contributed by atoms with van der Waals surface area (Å²) in [5.74, 6) is 0.418. The third-order valence-electron chi connectivity index (χ3n) is 4.43. The number of nitrogens with one attached hydrogen (secondary N) is 1. The Morgan fingerprint density at radius 1 is 1.43 bits per heavy atom. The summed E-state index contributed by atoms with van der Waals surface area (Å²) in [4.78, 5) is 14.3. The highest BCUT2D eigenvalue weighted by Crippen LogP contribution is 2.29. The minimum absolute atomic E-state index is 0.170. The molecular weight excluding hydrogens is 294 g/mol. The van der Waals surface area contributed by atoms with E-state index in [1.807, 2.05) is 24.3 Å². The van der Waals surface area contributed by atoms with Crippen LogP contribution in [0.2, 0.25) is 0 Å². The fraction of sp³-hybridized carbons (Fsp3) is 0.412. The zero-order valence-electron chi connectivity index (χ0n) is 12.8. The molecule has 2 aromatic rings. The first kappa shape index (κ1) is 14.3. The predicted molar refractivity (Wildman–Crippen MR) is 84.8 cm³/mol. The molecule has 2 aliphatic heterocycles. The van der Waals surface area contributed by atoms with E-state index in [4.69, 9.17) is 9.26 Å². The van der Waals surface area contributed by atoms with E-state index in [2.05, 4.69) is 10.5 Å². The first-order valence-corrected chi connectivity index (χ1v) is 8.04. The summed E-state index contributed by atoms with van der Waals surface area (Å²) >= 11 is 0. The van der Waals surface area contributed by atoms with Crippen molar-refractivity contribution in [1.82, 2.24) is 10.5 Å². The van der Waals surface area contributed by atoms with Crippen LogP contribution in [0.1, 0.15) is 29.0 Å². The van der Waals surface area contributed by atoms with E-state index in [9.17, 15) is 4.79 Å². The van der Waals surface area contributed by atoms with E-state index < -0.39 is 0 Å². The molecule has 4 rings (SSSR count). The first-order valence-electron chi connectivity index (χ1n) is 8.04. The number of para-hydroxylation sites is 1. The number of anilines is 1. The van der Waals surface area contributed by atoms with Crippen molar-refractivity contribution in [2.45, 2.75) is 25.3 Å². The third-order valence-corrected chi connectivity index (χ3v) is 4.43. The number of fused-ring (bicyclic) bond motifs is 1. The van der Waals surface area contributed by atoms with Gasteiger partial charge in [-0.3, -0.25) is 4.79 Å². The van der Waals surface area contributed by atoms with E-state index in [1.54, 1.807) is 11.0 Å². The lowest BCUT2D eigenvalue weighted by atomic mass is 10.2. The molecule has 0 bridgehead atoms. The number of carbonyl (C=O) groups is 1. The maximum atomic E-state index is 12.6. The molecule has 1 amide bonds. The molecule has 0 aliphatic carbocycles. The van der Waals surface area contributed by atoms with Gasteiger partial charge in [0.25, 0.3) is 11.8 Å². The lowest BCUT2D eigenvalue weighted by Gasteiger charge is -2.14. The molecule has 1 atom stereocenters. The van der Waals surface area contributed by atoms with Crippen LogP contribution in [-0.2, 0) is 6.42 Å². The van der Waals surface area contributed by atoms with Crippen LogP contribution in [0.5, 0.6) is 5.88 Å². The van der Waals surface area contributed by atoms with Crippen molar-refractivity contribution in [2.24, 2.45) is 0 Å². The molecule has 0 unspecified atom stereocenters. The zero-order chi connectivity index (χ0) is 15.6. The number of benzene rings is 1. The smallest absolute Gasteiger partial charge is 0.297 e. The molecule has 1 saturated heterocycles. The van der Waals surface area contributed by atoms with Crippen molar-refractivity contribution in [3.8, 4) is 5.88 Å². The highest BCUT2D eigenvalue weighted by molar-refractivity contribution is 6.05. The fourth-order valence-electron chi connectivity index (χ4n) is 3.19. The van der Waals surface area contributed by atoms with E-state index in [0.29, 0.717) is 25.1 Å². The van der Waals surface area contributed by atoms with Crippen molar-refractivity contribution in [2.75, 3.05) is 24.6 Å². The number of aromatic nitrogens is 1. The molecule has 1 aromatic heterocycles. The fourth-order valence-corrected chi connectivity index (χ4v) is 3.19. The van der Waals surface area contributed by atoms with Crippen LogP contribution in [0.3, 0.4) is 0 Å². The van der Waals surface area contributed by atoms with Crippen molar-refractivity contribution in [3.63, 3.8) is 0 Å². The van der Waals surface area contributed by atoms with E-state index in [0.717, 1.165) is 25.1 Å². The third kappa shape index (κ3) is 2.82. The summed E-state index contributed by atoms with van der Waals surface area (Å²) in [6.07, 6.45) is 3.14. The Hall–Kier alpha value is -2.34. The number of hydrogen-bond donors (Lipinski definition) is 1. The molecule has 6 nitrogen and oxygen atoms in total. The molecule has 3 heterocycles. The standard InChI is InChI=1S/C17H19N3O3/c21-17(20-9-7-12-4-1-2-6-14(12)20)15-10-16(19-23-15)22-11-13-5-3-8-18-13/h1-2,4,6,10,13,18H,3,5,7-9,11H2/t13-/m0/s1. The van der Waals surface area contributed by atoms with Crippen LogP contribution >= 0.6 is 0 Å². The Morgan fingerprint density at radius 2 is 2.35 bits per heavy atom. The van der Waals surface area contributed by atoms with Gasteiger partial charge in [0.05, 0.1) is 6.07 Å².